The third-order valence-corrected chi connectivity index (χ3v) is 3.99. The summed E-state index contributed by atoms with van der Waals surface area (Å²) >= 11 is 0. The molecule has 3 nitrogen and oxygen atoms in total. The van der Waals surface area contributed by atoms with Gasteiger partial charge in [-0.1, -0.05) is 30.3 Å². The second-order valence-corrected chi connectivity index (χ2v) is 5.32. The van der Waals surface area contributed by atoms with Crippen LogP contribution in [-0.2, 0) is 0 Å². The van der Waals surface area contributed by atoms with Crippen LogP contribution in [0.4, 0.5) is 0 Å². The molecule has 0 aliphatic rings. The van der Waals surface area contributed by atoms with E-state index in [9.17, 15) is 5.11 Å². The fourth-order valence-electron chi connectivity index (χ4n) is 2.85. The maximum Gasteiger partial charge on any atom is 0.217 e. The minimum atomic E-state index is 0.193. The molecule has 0 spiro atoms. The van der Waals surface area contributed by atoms with Gasteiger partial charge in [0.15, 0.2) is 5.88 Å². The lowest BCUT2D eigenvalue weighted by Crippen LogP contribution is -2.35. The molecular formula is C19H15N2O+. The van der Waals surface area contributed by atoms with Gasteiger partial charge in [-0.25, -0.2) is 0 Å². The van der Waals surface area contributed by atoms with E-state index in [-0.39, 0.29) is 5.88 Å². The molecule has 4 rings (SSSR count). The van der Waals surface area contributed by atoms with Crippen LogP contribution in [0, 0.1) is 6.72 Å². The number of H-pyrrole nitrogens is 1. The molecule has 2 heterocycles. The molecule has 0 fully saturated rings. The smallest absolute Gasteiger partial charge is 0.217 e. The first-order chi connectivity index (χ1) is 10.7. The summed E-state index contributed by atoms with van der Waals surface area (Å²) < 4.78 is 1.90. The van der Waals surface area contributed by atoms with Crippen LogP contribution in [0.25, 0.3) is 27.8 Å². The van der Waals surface area contributed by atoms with Crippen molar-refractivity contribution in [1.29, 1.82) is 0 Å². The number of nitrogens with one attached hydrogen (secondary N) is 1. The minimum absolute atomic E-state index is 0.193. The van der Waals surface area contributed by atoms with Crippen LogP contribution in [0.5, 0.6) is 5.88 Å². The van der Waals surface area contributed by atoms with Crippen molar-refractivity contribution >= 4 is 27.8 Å². The predicted molar refractivity (Wildman–Crippen MR) is 88.1 cm³/mol. The normalized spacial score (nSPS) is 12.3. The van der Waals surface area contributed by atoms with Gasteiger partial charge < -0.3 is 10.1 Å². The fraction of sp³-hybridized carbons (Fsp3) is 0. The van der Waals surface area contributed by atoms with Crippen LogP contribution >= 0.6 is 0 Å². The van der Waals surface area contributed by atoms with Crippen LogP contribution in [0.2, 0.25) is 0 Å². The second kappa shape index (κ2) is 4.74. The van der Waals surface area contributed by atoms with E-state index in [1.54, 1.807) is 0 Å². The Hall–Kier alpha value is -3.07. The molecule has 4 aromatic rings. The van der Waals surface area contributed by atoms with E-state index in [2.05, 4.69) is 23.8 Å². The highest BCUT2D eigenvalue weighted by Crippen LogP contribution is 2.27. The van der Waals surface area contributed by atoms with Gasteiger partial charge in [-0.3, -0.25) is 0 Å². The highest BCUT2D eigenvalue weighted by Gasteiger charge is 2.08. The first-order valence-electron chi connectivity index (χ1n) is 7.13. The van der Waals surface area contributed by atoms with Crippen molar-refractivity contribution in [3.05, 3.63) is 78.4 Å². The summed E-state index contributed by atoms with van der Waals surface area (Å²) in [4.78, 5) is 3.04. The summed E-state index contributed by atoms with van der Waals surface area (Å²) in [6.07, 6.45) is 2.00. The lowest BCUT2D eigenvalue weighted by molar-refractivity contribution is -0.483. The number of hydrogen-bond acceptors (Lipinski definition) is 1. The zero-order chi connectivity index (χ0) is 15.1. The average Bonchev–Trinajstić information content (AvgIpc) is 2.87. The molecule has 0 aliphatic heterocycles. The Labute approximate surface area is 127 Å². The molecule has 0 saturated heterocycles. The molecule has 2 aromatic carbocycles. The van der Waals surface area contributed by atoms with Gasteiger partial charge in [0.25, 0.3) is 0 Å². The van der Waals surface area contributed by atoms with Gasteiger partial charge in [-0.05, 0) is 18.2 Å². The van der Waals surface area contributed by atoms with Gasteiger partial charge in [0.2, 0.25) is 10.9 Å². The van der Waals surface area contributed by atoms with E-state index in [4.69, 9.17) is 0 Å². The first kappa shape index (κ1) is 12.7. The van der Waals surface area contributed by atoms with Crippen molar-refractivity contribution < 1.29 is 9.35 Å². The number of aromatic hydroxyl groups is 1. The van der Waals surface area contributed by atoms with Crippen molar-refractivity contribution in [1.82, 2.24) is 4.98 Å². The zero-order valence-electron chi connectivity index (χ0n) is 12.0. The van der Waals surface area contributed by atoms with E-state index < -0.39 is 0 Å². The second-order valence-electron chi connectivity index (χ2n) is 5.32. The van der Waals surface area contributed by atoms with E-state index in [0.717, 1.165) is 32.7 Å². The topological polar surface area (TPSA) is 41.9 Å². The fourth-order valence-corrected chi connectivity index (χ4v) is 2.85. The van der Waals surface area contributed by atoms with E-state index >= 15 is 0 Å². The highest BCUT2D eigenvalue weighted by atomic mass is 16.3. The number of benzene rings is 2. The summed E-state index contributed by atoms with van der Waals surface area (Å²) in [5, 5.41) is 13.9. The number of aromatic amines is 1. The molecule has 3 heteroatoms. The molecule has 0 amide bonds. The van der Waals surface area contributed by atoms with Crippen LogP contribution in [-0.4, -0.2) is 10.1 Å². The third kappa shape index (κ3) is 1.87. The average molecular weight is 287 g/mol. The largest absolute Gasteiger partial charge is 0.494 e. The van der Waals surface area contributed by atoms with Crippen LogP contribution in [0.15, 0.2) is 60.7 Å². The van der Waals surface area contributed by atoms with Gasteiger partial charge in [0.1, 0.15) is 6.72 Å². The van der Waals surface area contributed by atoms with Crippen LogP contribution in [0.3, 0.4) is 0 Å². The van der Waals surface area contributed by atoms with Crippen molar-refractivity contribution in [2.45, 2.75) is 0 Å². The van der Waals surface area contributed by atoms with E-state index in [1.165, 1.54) is 0 Å². The Morgan fingerprint density at radius 1 is 0.909 bits per heavy atom. The maximum atomic E-state index is 10.0. The summed E-state index contributed by atoms with van der Waals surface area (Å²) in [5.74, 6) is 0.193. The lowest BCUT2D eigenvalue weighted by Gasteiger charge is -1.93. The summed E-state index contributed by atoms with van der Waals surface area (Å²) in [7, 11) is 0. The number of rotatable bonds is 1. The predicted octanol–water partition coefficient (Wildman–Crippen LogP) is 2.78. The molecular weight excluding hydrogens is 272 g/mol. The lowest BCUT2D eigenvalue weighted by atomic mass is 10.1. The SMILES string of the molecule is C=[n+]1/c(=C\c2[nH]c(O)c3ccccc23)ccc2ccccc21. The van der Waals surface area contributed by atoms with Gasteiger partial charge in [-0.15, -0.1) is 0 Å². The number of aromatic nitrogens is 2. The van der Waals surface area contributed by atoms with E-state index in [1.807, 2.05) is 58.8 Å². The number of nitrogens with zero attached hydrogens (tertiary/aromatic N) is 1. The zero-order valence-corrected chi connectivity index (χ0v) is 12.0. The minimum Gasteiger partial charge on any atom is -0.494 e. The number of pyridine rings is 1. The Bertz CT molecular complexity index is 1110. The molecule has 0 atom stereocenters. The molecule has 106 valence electrons. The van der Waals surface area contributed by atoms with Gasteiger partial charge in [0, 0.05) is 34.4 Å². The van der Waals surface area contributed by atoms with E-state index in [0.29, 0.717) is 0 Å². The Morgan fingerprint density at radius 2 is 1.64 bits per heavy atom. The third-order valence-electron chi connectivity index (χ3n) is 3.99. The molecule has 2 N–H and O–H groups in total. The molecule has 0 radical (unpaired) electrons. The molecule has 0 saturated carbocycles. The standard InChI is InChI=1S/C19H14N2O/c1-21-14(11-10-13-6-2-5-9-18(13)21)12-17-15-7-3-4-8-16(15)19(22)20-17/h2-12,20H,1H2/p+1/b14-12-. The van der Waals surface area contributed by atoms with Crippen LogP contribution < -0.4 is 9.59 Å². The maximum absolute atomic E-state index is 10.0. The Kier molecular flexibility index (Phi) is 2.73. The molecule has 0 unspecified atom stereocenters. The highest BCUT2D eigenvalue weighted by molar-refractivity contribution is 5.94. The number of para-hydroxylation sites is 1. The van der Waals surface area contributed by atoms with Crippen molar-refractivity contribution in [2.24, 2.45) is 0 Å². The molecule has 0 aliphatic carbocycles. The molecule has 0 bridgehead atoms. The van der Waals surface area contributed by atoms with Gasteiger partial charge >= 0.3 is 0 Å². The Morgan fingerprint density at radius 3 is 2.50 bits per heavy atom. The van der Waals surface area contributed by atoms with Crippen molar-refractivity contribution in [3.8, 4) is 5.88 Å². The molecule has 2 aromatic heterocycles. The monoisotopic (exact) mass is 287 g/mol. The summed E-state index contributed by atoms with van der Waals surface area (Å²) in [6, 6.07) is 20.0. The van der Waals surface area contributed by atoms with Gasteiger partial charge in [0.05, 0.1) is 5.69 Å². The molecule has 22 heavy (non-hydrogen) atoms. The number of hydrogen-bond donors (Lipinski definition) is 2. The summed E-state index contributed by atoms with van der Waals surface area (Å²) in [6.45, 7) is 4.14. The summed E-state index contributed by atoms with van der Waals surface area (Å²) in [5.41, 5.74) is 1.94. The number of fused-ring (bicyclic) bond motifs is 2. The Balaban J connectivity index is 2.03. The first-order valence-corrected chi connectivity index (χ1v) is 7.13. The van der Waals surface area contributed by atoms with Crippen molar-refractivity contribution in [3.63, 3.8) is 0 Å². The van der Waals surface area contributed by atoms with Crippen LogP contribution in [0.1, 0.15) is 5.69 Å². The quantitative estimate of drug-likeness (QED) is 0.519. The van der Waals surface area contributed by atoms with Gasteiger partial charge in [-0.2, -0.15) is 4.24 Å². The van der Waals surface area contributed by atoms with Crippen molar-refractivity contribution in [2.75, 3.05) is 0 Å².